The van der Waals surface area contributed by atoms with Gasteiger partial charge in [-0.05, 0) is 61.0 Å². The van der Waals surface area contributed by atoms with Crippen LogP contribution in [0.1, 0.15) is 12.5 Å². The number of carbonyl (C=O) groups is 1. The zero-order chi connectivity index (χ0) is 21.3. The van der Waals surface area contributed by atoms with Crippen molar-refractivity contribution in [2.45, 2.75) is 13.5 Å². The molecule has 156 valence electrons. The predicted molar refractivity (Wildman–Crippen MR) is 122 cm³/mol. The largest absolute Gasteiger partial charge is 0.494 e. The molecule has 3 aromatic carbocycles. The van der Waals surface area contributed by atoms with Crippen molar-refractivity contribution in [1.29, 1.82) is 0 Å². The van der Waals surface area contributed by atoms with Gasteiger partial charge in [0.1, 0.15) is 5.75 Å². The molecule has 0 aliphatic heterocycles. The Morgan fingerprint density at radius 3 is 2.20 bits per heavy atom. The third-order valence-electron chi connectivity index (χ3n) is 4.13. The first-order chi connectivity index (χ1) is 14.5. The molecule has 0 aromatic heterocycles. The van der Waals surface area contributed by atoms with Gasteiger partial charge in [-0.3, -0.25) is 4.79 Å². The first kappa shape index (κ1) is 21.8. The summed E-state index contributed by atoms with van der Waals surface area (Å²) in [6, 6.07) is 20.4. The maximum atomic E-state index is 12.1. The zero-order valence-corrected chi connectivity index (χ0v) is 18.0. The molecule has 0 aliphatic carbocycles. The molecule has 0 unspecified atom stereocenters. The fourth-order valence-electron chi connectivity index (χ4n) is 2.75. The van der Waals surface area contributed by atoms with Gasteiger partial charge in [0, 0.05) is 17.9 Å². The van der Waals surface area contributed by atoms with Crippen LogP contribution in [0.3, 0.4) is 0 Å². The second-order valence-electron chi connectivity index (χ2n) is 6.40. The summed E-state index contributed by atoms with van der Waals surface area (Å²) < 4.78 is 11.0. The number of rotatable bonds is 9. The van der Waals surface area contributed by atoms with Gasteiger partial charge in [0.05, 0.1) is 16.7 Å². The van der Waals surface area contributed by atoms with E-state index in [0.717, 1.165) is 17.0 Å². The smallest absolute Gasteiger partial charge is 0.262 e. The number of nitrogens with one attached hydrogen (secondary N) is 2. The molecule has 1 amide bonds. The zero-order valence-electron chi connectivity index (χ0n) is 16.5. The van der Waals surface area contributed by atoms with Crippen molar-refractivity contribution >= 4 is 40.5 Å². The molecule has 0 atom stereocenters. The molecule has 7 heteroatoms. The van der Waals surface area contributed by atoms with E-state index in [2.05, 4.69) is 10.6 Å². The van der Waals surface area contributed by atoms with Crippen LogP contribution in [0.4, 0.5) is 11.4 Å². The summed E-state index contributed by atoms with van der Waals surface area (Å²) in [7, 11) is 0. The summed E-state index contributed by atoms with van der Waals surface area (Å²) in [6.07, 6.45) is 0. The average Bonchev–Trinajstić information content (AvgIpc) is 2.73. The maximum Gasteiger partial charge on any atom is 0.262 e. The monoisotopic (exact) mass is 444 g/mol. The number of para-hydroxylation sites is 1. The van der Waals surface area contributed by atoms with Crippen LogP contribution < -0.4 is 20.1 Å². The number of benzene rings is 3. The molecular weight excluding hydrogens is 423 g/mol. The van der Waals surface area contributed by atoms with Crippen LogP contribution >= 0.6 is 23.2 Å². The molecule has 0 spiro atoms. The Labute approximate surface area is 185 Å². The molecule has 3 aromatic rings. The predicted octanol–water partition coefficient (Wildman–Crippen LogP) is 6.02. The van der Waals surface area contributed by atoms with Crippen LogP contribution in [0, 0.1) is 0 Å². The highest BCUT2D eigenvalue weighted by atomic mass is 35.5. The van der Waals surface area contributed by atoms with E-state index >= 15 is 0 Å². The number of hydrogen-bond donors (Lipinski definition) is 2. The maximum absolute atomic E-state index is 12.1. The lowest BCUT2D eigenvalue weighted by atomic mass is 10.2. The molecule has 30 heavy (non-hydrogen) atoms. The van der Waals surface area contributed by atoms with Crippen LogP contribution in [0.25, 0.3) is 0 Å². The van der Waals surface area contributed by atoms with Crippen molar-refractivity contribution in [3.63, 3.8) is 0 Å². The summed E-state index contributed by atoms with van der Waals surface area (Å²) in [6.45, 7) is 2.91. The highest BCUT2D eigenvalue weighted by molar-refractivity contribution is 6.37. The lowest BCUT2D eigenvalue weighted by Crippen LogP contribution is -2.20. The van der Waals surface area contributed by atoms with Crippen molar-refractivity contribution in [2.75, 3.05) is 23.8 Å². The summed E-state index contributed by atoms with van der Waals surface area (Å²) in [4.78, 5) is 12.1. The molecule has 0 radical (unpaired) electrons. The Morgan fingerprint density at radius 1 is 0.900 bits per heavy atom. The van der Waals surface area contributed by atoms with Gasteiger partial charge in [-0.25, -0.2) is 0 Å². The Morgan fingerprint density at radius 2 is 1.57 bits per heavy atom. The van der Waals surface area contributed by atoms with Crippen LogP contribution in [-0.4, -0.2) is 19.1 Å². The molecule has 0 bridgehead atoms. The molecule has 0 saturated heterocycles. The SMILES string of the molecule is CCOc1ccc(NCc2cc(Cl)c(OCC(=O)Nc3ccccc3)c(Cl)c2)cc1. The van der Waals surface area contributed by atoms with Crippen molar-refractivity contribution in [2.24, 2.45) is 0 Å². The third kappa shape index (κ3) is 6.31. The first-order valence-electron chi connectivity index (χ1n) is 9.47. The standard InChI is InChI=1S/C23H22Cl2N2O3/c1-2-29-19-10-8-17(9-11-19)26-14-16-12-20(24)23(21(25)13-16)30-15-22(28)27-18-6-4-3-5-7-18/h3-13,26H,2,14-15H2,1H3,(H,27,28). The van der Waals surface area contributed by atoms with E-state index < -0.39 is 0 Å². The normalized spacial score (nSPS) is 10.4. The van der Waals surface area contributed by atoms with Crippen molar-refractivity contribution in [3.05, 3.63) is 82.3 Å². The Hall–Kier alpha value is -2.89. The van der Waals surface area contributed by atoms with E-state index in [1.54, 1.807) is 24.3 Å². The number of ether oxygens (including phenoxy) is 2. The van der Waals surface area contributed by atoms with Crippen LogP contribution in [0.15, 0.2) is 66.7 Å². The minimum atomic E-state index is -0.297. The molecule has 3 rings (SSSR count). The van der Waals surface area contributed by atoms with Crippen molar-refractivity contribution in [1.82, 2.24) is 0 Å². The van der Waals surface area contributed by atoms with Gasteiger partial charge in [0.2, 0.25) is 0 Å². The van der Waals surface area contributed by atoms with Gasteiger partial charge in [-0.2, -0.15) is 0 Å². The van der Waals surface area contributed by atoms with Crippen LogP contribution in [-0.2, 0) is 11.3 Å². The Kier molecular flexibility index (Phi) is 7.82. The molecule has 0 aliphatic rings. The van der Waals surface area contributed by atoms with E-state index in [1.165, 1.54) is 0 Å². The molecule has 0 heterocycles. The highest BCUT2D eigenvalue weighted by Gasteiger charge is 2.12. The van der Waals surface area contributed by atoms with Gasteiger partial charge in [0.25, 0.3) is 5.91 Å². The summed E-state index contributed by atoms with van der Waals surface area (Å²) in [5.74, 6) is 0.813. The lowest BCUT2D eigenvalue weighted by molar-refractivity contribution is -0.118. The van der Waals surface area contributed by atoms with Crippen LogP contribution in [0.5, 0.6) is 11.5 Å². The quantitative estimate of drug-likeness (QED) is 0.423. The first-order valence-corrected chi connectivity index (χ1v) is 10.2. The van der Waals surface area contributed by atoms with Crippen molar-refractivity contribution in [3.8, 4) is 11.5 Å². The summed E-state index contributed by atoms with van der Waals surface area (Å²) >= 11 is 12.7. The Balaban J connectivity index is 1.56. The number of hydrogen-bond acceptors (Lipinski definition) is 4. The number of halogens is 2. The summed E-state index contributed by atoms with van der Waals surface area (Å²) in [5, 5.41) is 6.74. The molecule has 0 saturated carbocycles. The number of carbonyl (C=O) groups excluding carboxylic acids is 1. The van der Waals surface area contributed by atoms with Gasteiger partial charge in [0.15, 0.2) is 12.4 Å². The van der Waals surface area contributed by atoms with Gasteiger partial charge < -0.3 is 20.1 Å². The molecule has 2 N–H and O–H groups in total. The minimum absolute atomic E-state index is 0.196. The topological polar surface area (TPSA) is 59.6 Å². The van der Waals surface area contributed by atoms with Gasteiger partial charge in [-0.1, -0.05) is 41.4 Å². The van der Waals surface area contributed by atoms with E-state index in [4.69, 9.17) is 32.7 Å². The number of anilines is 2. The van der Waals surface area contributed by atoms with E-state index in [-0.39, 0.29) is 18.3 Å². The van der Waals surface area contributed by atoms with Crippen molar-refractivity contribution < 1.29 is 14.3 Å². The fourth-order valence-corrected chi connectivity index (χ4v) is 3.39. The fraction of sp³-hybridized carbons (Fsp3) is 0.174. The molecule has 0 fully saturated rings. The van der Waals surface area contributed by atoms with Gasteiger partial charge >= 0.3 is 0 Å². The third-order valence-corrected chi connectivity index (χ3v) is 4.69. The highest BCUT2D eigenvalue weighted by Crippen LogP contribution is 2.34. The van der Waals surface area contributed by atoms with E-state index in [0.29, 0.717) is 28.9 Å². The second-order valence-corrected chi connectivity index (χ2v) is 7.22. The summed E-state index contributed by atoms with van der Waals surface area (Å²) in [5.41, 5.74) is 2.53. The van der Waals surface area contributed by atoms with E-state index in [1.807, 2.05) is 49.4 Å². The van der Waals surface area contributed by atoms with Crippen LogP contribution in [0.2, 0.25) is 10.0 Å². The van der Waals surface area contributed by atoms with Gasteiger partial charge in [-0.15, -0.1) is 0 Å². The minimum Gasteiger partial charge on any atom is -0.494 e. The molecule has 5 nitrogen and oxygen atoms in total. The number of amides is 1. The average molecular weight is 445 g/mol. The van der Waals surface area contributed by atoms with E-state index in [9.17, 15) is 4.79 Å². The second kappa shape index (κ2) is 10.8. The lowest BCUT2D eigenvalue weighted by Gasteiger charge is -2.13. The Bertz CT molecular complexity index is 956. The molecular formula is C23H22Cl2N2O3.